The summed E-state index contributed by atoms with van der Waals surface area (Å²) in [6.07, 6.45) is 5.09. The minimum atomic E-state index is -0.856. The van der Waals surface area contributed by atoms with E-state index < -0.39 is 12.1 Å². The zero-order chi connectivity index (χ0) is 22.7. The first-order valence-corrected chi connectivity index (χ1v) is 12.0. The second kappa shape index (κ2) is 10.1. The minimum Gasteiger partial charge on any atom is -0.480 e. The van der Waals surface area contributed by atoms with E-state index in [1.165, 1.54) is 6.42 Å². The fraction of sp³-hybridized carbons (Fsp3) is 0.440. The Hall–Kier alpha value is -2.24. The number of hydrogen-bond donors (Lipinski definition) is 1. The topological polar surface area (TPSA) is 58.6 Å². The van der Waals surface area contributed by atoms with Crippen LogP contribution < -0.4 is 10.1 Å². The van der Waals surface area contributed by atoms with Gasteiger partial charge in [0.15, 0.2) is 6.10 Å². The minimum absolute atomic E-state index is 0.113. The number of amides is 2. The van der Waals surface area contributed by atoms with Crippen molar-refractivity contribution in [2.75, 3.05) is 0 Å². The summed E-state index contributed by atoms with van der Waals surface area (Å²) >= 11 is 12.7. The Bertz CT molecular complexity index is 991. The zero-order valence-electron chi connectivity index (χ0n) is 18.2. The van der Waals surface area contributed by atoms with Gasteiger partial charge >= 0.3 is 0 Å². The first-order valence-electron chi connectivity index (χ1n) is 11.3. The molecule has 170 valence electrons. The molecule has 2 aliphatic rings. The van der Waals surface area contributed by atoms with Gasteiger partial charge in [0.2, 0.25) is 5.91 Å². The van der Waals surface area contributed by atoms with E-state index in [9.17, 15) is 9.59 Å². The second-order valence-corrected chi connectivity index (χ2v) is 9.34. The van der Waals surface area contributed by atoms with Gasteiger partial charge in [-0.15, -0.1) is 0 Å². The smallest absolute Gasteiger partial charge is 0.264 e. The highest BCUT2D eigenvalue weighted by molar-refractivity contribution is 6.31. The number of carbonyl (C=O) groups excluding carboxylic acids is 2. The van der Waals surface area contributed by atoms with Crippen molar-refractivity contribution in [2.45, 2.75) is 70.2 Å². The lowest BCUT2D eigenvalue weighted by molar-refractivity contribution is -0.146. The average molecular weight is 475 g/mol. The van der Waals surface area contributed by atoms with E-state index >= 15 is 0 Å². The number of halogens is 2. The molecule has 1 aliphatic heterocycles. The number of nitrogens with one attached hydrogen (secondary N) is 1. The van der Waals surface area contributed by atoms with Crippen molar-refractivity contribution < 1.29 is 14.3 Å². The van der Waals surface area contributed by atoms with E-state index in [0.29, 0.717) is 27.8 Å². The Labute approximate surface area is 199 Å². The molecule has 0 radical (unpaired) electrons. The lowest BCUT2D eigenvalue weighted by Crippen LogP contribution is -2.48. The molecule has 4 rings (SSSR count). The number of fused-ring (bicyclic) bond motifs is 1. The van der Waals surface area contributed by atoms with Crippen LogP contribution in [0.25, 0.3) is 0 Å². The van der Waals surface area contributed by atoms with Gasteiger partial charge in [0.1, 0.15) is 11.8 Å². The van der Waals surface area contributed by atoms with Crippen molar-refractivity contribution in [3.05, 3.63) is 63.6 Å². The zero-order valence-corrected chi connectivity index (χ0v) is 19.7. The molecular formula is C25H28Cl2N2O3. The molecule has 1 aliphatic carbocycles. The van der Waals surface area contributed by atoms with E-state index in [4.69, 9.17) is 27.9 Å². The fourth-order valence-electron chi connectivity index (χ4n) is 4.57. The van der Waals surface area contributed by atoms with Gasteiger partial charge in [-0.1, -0.05) is 67.6 Å². The summed E-state index contributed by atoms with van der Waals surface area (Å²) in [5, 5.41) is 4.24. The molecule has 1 heterocycles. The second-order valence-electron chi connectivity index (χ2n) is 8.50. The van der Waals surface area contributed by atoms with Gasteiger partial charge in [-0.25, -0.2) is 0 Å². The molecule has 0 saturated heterocycles. The third-order valence-corrected chi connectivity index (χ3v) is 6.88. The van der Waals surface area contributed by atoms with Crippen LogP contribution in [0.2, 0.25) is 10.0 Å². The van der Waals surface area contributed by atoms with E-state index in [1.54, 1.807) is 29.2 Å². The third-order valence-electron chi connectivity index (χ3n) is 6.28. The largest absolute Gasteiger partial charge is 0.480 e. The maximum Gasteiger partial charge on any atom is 0.264 e. The normalized spacial score (nSPS) is 21.5. The monoisotopic (exact) mass is 474 g/mol. The molecule has 7 heteroatoms. The molecule has 2 amide bonds. The lowest BCUT2D eigenvalue weighted by atomic mass is 9.94. The van der Waals surface area contributed by atoms with Gasteiger partial charge in [0, 0.05) is 28.2 Å². The first-order chi connectivity index (χ1) is 15.5. The van der Waals surface area contributed by atoms with Crippen LogP contribution in [0.5, 0.6) is 5.75 Å². The summed E-state index contributed by atoms with van der Waals surface area (Å²) in [6, 6.07) is 11.8. The molecule has 0 spiro atoms. The van der Waals surface area contributed by atoms with E-state index in [-0.39, 0.29) is 24.4 Å². The van der Waals surface area contributed by atoms with Crippen LogP contribution in [-0.2, 0) is 16.1 Å². The number of hydrogen-bond acceptors (Lipinski definition) is 3. The predicted molar refractivity (Wildman–Crippen MR) is 126 cm³/mol. The summed E-state index contributed by atoms with van der Waals surface area (Å²) in [6.45, 7) is 2.10. The Morgan fingerprint density at radius 1 is 1.12 bits per heavy atom. The third kappa shape index (κ3) is 4.89. The molecule has 5 nitrogen and oxygen atoms in total. The molecule has 1 N–H and O–H groups in total. The van der Waals surface area contributed by atoms with E-state index in [1.807, 2.05) is 25.1 Å². The molecule has 1 fully saturated rings. The number of ether oxygens (including phenoxy) is 1. The molecule has 0 bridgehead atoms. The number of benzene rings is 2. The van der Waals surface area contributed by atoms with Crippen LogP contribution >= 0.6 is 23.2 Å². The van der Waals surface area contributed by atoms with Gasteiger partial charge in [0.25, 0.3) is 5.91 Å². The molecule has 2 atom stereocenters. The maximum absolute atomic E-state index is 13.7. The quantitative estimate of drug-likeness (QED) is 0.605. The highest BCUT2D eigenvalue weighted by atomic mass is 35.5. The Kier molecular flexibility index (Phi) is 7.27. The van der Waals surface area contributed by atoms with Gasteiger partial charge in [0.05, 0.1) is 0 Å². The summed E-state index contributed by atoms with van der Waals surface area (Å²) in [5.74, 6) is 0.0739. The predicted octanol–water partition coefficient (Wildman–Crippen LogP) is 5.68. The van der Waals surface area contributed by atoms with E-state index in [2.05, 4.69) is 5.32 Å². The van der Waals surface area contributed by atoms with Crippen molar-refractivity contribution in [2.24, 2.45) is 0 Å². The van der Waals surface area contributed by atoms with Crippen molar-refractivity contribution in [1.29, 1.82) is 0 Å². The van der Waals surface area contributed by atoms with E-state index in [0.717, 1.165) is 31.2 Å². The van der Waals surface area contributed by atoms with Gasteiger partial charge in [-0.2, -0.15) is 0 Å². The molecule has 32 heavy (non-hydrogen) atoms. The van der Waals surface area contributed by atoms with Crippen LogP contribution in [0.4, 0.5) is 0 Å². The highest BCUT2D eigenvalue weighted by Gasteiger charge is 2.41. The van der Waals surface area contributed by atoms with Gasteiger partial charge < -0.3 is 15.0 Å². The van der Waals surface area contributed by atoms with Crippen molar-refractivity contribution >= 4 is 35.0 Å². The van der Waals surface area contributed by atoms with Crippen LogP contribution in [-0.4, -0.2) is 28.9 Å². The SMILES string of the molecule is CCC1Oc2ccc(Cl)cc2C(C(=O)NC2CCCCC2)N(Cc2ccccc2Cl)C1=O. The summed E-state index contributed by atoms with van der Waals surface area (Å²) in [4.78, 5) is 28.9. The lowest BCUT2D eigenvalue weighted by Gasteiger charge is -2.33. The standard InChI is InChI=1S/C25H28Cl2N2O3/c1-2-21-25(31)29(15-16-8-6-7-11-20(16)27)23(19-14-17(26)12-13-22(19)32-21)24(30)28-18-9-4-3-5-10-18/h6-8,11-14,18,21,23H,2-5,9-10,15H2,1H3,(H,28,30). The van der Waals surface area contributed by atoms with Crippen molar-refractivity contribution in [3.8, 4) is 5.75 Å². The van der Waals surface area contributed by atoms with Crippen molar-refractivity contribution in [1.82, 2.24) is 10.2 Å². The Morgan fingerprint density at radius 3 is 2.59 bits per heavy atom. The first kappa shape index (κ1) is 22.9. The number of rotatable bonds is 5. The average Bonchev–Trinajstić information content (AvgIpc) is 2.90. The molecule has 2 aromatic carbocycles. The van der Waals surface area contributed by atoms with Crippen molar-refractivity contribution in [3.63, 3.8) is 0 Å². The number of nitrogens with zero attached hydrogens (tertiary/aromatic N) is 1. The summed E-state index contributed by atoms with van der Waals surface area (Å²) < 4.78 is 6.08. The molecule has 0 aromatic heterocycles. The van der Waals surface area contributed by atoms with Gasteiger partial charge in [-0.3, -0.25) is 9.59 Å². The Morgan fingerprint density at radius 2 is 1.88 bits per heavy atom. The van der Waals surface area contributed by atoms with Gasteiger partial charge in [-0.05, 0) is 49.1 Å². The van der Waals surface area contributed by atoms with Crippen LogP contribution in [0, 0.1) is 0 Å². The summed E-state index contributed by atoms with van der Waals surface area (Å²) in [7, 11) is 0. The summed E-state index contributed by atoms with van der Waals surface area (Å²) in [5.41, 5.74) is 1.38. The number of carbonyl (C=O) groups is 2. The molecule has 2 aromatic rings. The Balaban J connectivity index is 1.77. The fourth-order valence-corrected chi connectivity index (χ4v) is 4.95. The van der Waals surface area contributed by atoms with Crippen LogP contribution in [0.1, 0.15) is 62.6 Å². The van der Waals surface area contributed by atoms with Crippen LogP contribution in [0.15, 0.2) is 42.5 Å². The molecular weight excluding hydrogens is 447 g/mol. The molecule has 2 unspecified atom stereocenters. The van der Waals surface area contributed by atoms with Crippen LogP contribution in [0.3, 0.4) is 0 Å². The highest BCUT2D eigenvalue weighted by Crippen LogP contribution is 2.38. The molecule has 1 saturated carbocycles. The maximum atomic E-state index is 13.7.